The van der Waals surface area contributed by atoms with Crippen molar-refractivity contribution >= 4 is 11.8 Å². The van der Waals surface area contributed by atoms with Crippen LogP contribution in [0.4, 0.5) is 0 Å². The van der Waals surface area contributed by atoms with Crippen LogP contribution in [-0.4, -0.2) is 26.0 Å². The largest absolute Gasteiger partial charge is 0.224 e. The van der Waals surface area contributed by atoms with Crippen LogP contribution in [0, 0.1) is 0 Å². The van der Waals surface area contributed by atoms with Gasteiger partial charge in [0.05, 0.1) is 0 Å². The van der Waals surface area contributed by atoms with Gasteiger partial charge < -0.3 is 0 Å². The Hall–Kier alpha value is -0.840. The topological polar surface area (TPSA) is 43.6 Å². The van der Waals surface area contributed by atoms with Gasteiger partial charge in [-0.05, 0) is 17.4 Å². The van der Waals surface area contributed by atoms with Crippen molar-refractivity contribution in [3.63, 3.8) is 0 Å². The Morgan fingerprint density at radius 3 is 3.00 bits per heavy atom. The van der Waals surface area contributed by atoms with Crippen molar-refractivity contribution in [3.05, 3.63) is 12.2 Å². The zero-order valence-corrected chi connectivity index (χ0v) is 7.38. The molecule has 0 aliphatic heterocycles. The van der Waals surface area contributed by atoms with Crippen LogP contribution in [0.5, 0.6) is 0 Å². The van der Waals surface area contributed by atoms with E-state index in [1.54, 1.807) is 16.4 Å². The molecule has 0 aromatic carbocycles. The molecule has 0 saturated heterocycles. The molecule has 1 rings (SSSR count). The fourth-order valence-electron chi connectivity index (χ4n) is 0.562. The van der Waals surface area contributed by atoms with E-state index in [1.807, 2.05) is 20.0 Å². The molecule has 0 saturated carbocycles. The van der Waals surface area contributed by atoms with Crippen LogP contribution < -0.4 is 0 Å². The number of rotatable bonds is 3. The third kappa shape index (κ3) is 2.34. The zero-order valence-electron chi connectivity index (χ0n) is 6.56. The molecule has 0 N–H and O–H groups in total. The number of hydrogen-bond acceptors (Lipinski definition) is 4. The molecule has 5 heteroatoms. The van der Waals surface area contributed by atoms with Gasteiger partial charge in [-0.25, -0.2) is 4.68 Å². The molecule has 11 heavy (non-hydrogen) atoms. The standard InChI is InChI=1S/C6H10N4S/c1-3-4-5-11-6-7-8-9-10(6)2/h3-4H,5H2,1-2H3/b4-3+. The van der Waals surface area contributed by atoms with Crippen molar-refractivity contribution < 1.29 is 0 Å². The minimum atomic E-state index is 0.850. The lowest BCUT2D eigenvalue weighted by atomic mass is 10.6. The van der Waals surface area contributed by atoms with E-state index in [1.165, 1.54) is 0 Å². The predicted octanol–water partition coefficient (Wildman–Crippen LogP) is 0.878. The first-order chi connectivity index (χ1) is 5.34. The number of thioether (sulfide) groups is 1. The highest BCUT2D eigenvalue weighted by Crippen LogP contribution is 2.11. The number of aryl methyl sites for hydroxylation is 1. The van der Waals surface area contributed by atoms with E-state index in [9.17, 15) is 0 Å². The maximum Gasteiger partial charge on any atom is 0.209 e. The maximum absolute atomic E-state index is 3.82. The number of allylic oxidation sites excluding steroid dienone is 1. The molecule has 0 aliphatic rings. The molecular weight excluding hydrogens is 160 g/mol. The molecule has 0 spiro atoms. The molecule has 4 nitrogen and oxygen atoms in total. The molecule has 0 aliphatic carbocycles. The quantitative estimate of drug-likeness (QED) is 0.499. The molecule has 0 atom stereocenters. The van der Waals surface area contributed by atoms with Crippen molar-refractivity contribution in [1.29, 1.82) is 0 Å². The Morgan fingerprint density at radius 2 is 2.45 bits per heavy atom. The molecule has 0 fully saturated rings. The third-order valence-corrected chi connectivity index (χ3v) is 2.09. The Morgan fingerprint density at radius 1 is 1.64 bits per heavy atom. The van der Waals surface area contributed by atoms with E-state index < -0.39 is 0 Å². The summed E-state index contributed by atoms with van der Waals surface area (Å²) < 4.78 is 1.66. The Bertz CT molecular complexity index is 242. The van der Waals surface area contributed by atoms with Crippen LogP contribution >= 0.6 is 11.8 Å². The molecular formula is C6H10N4S. The minimum absolute atomic E-state index is 0.850. The molecule has 0 unspecified atom stereocenters. The number of hydrogen-bond donors (Lipinski definition) is 0. The van der Waals surface area contributed by atoms with Gasteiger partial charge in [0.25, 0.3) is 0 Å². The van der Waals surface area contributed by atoms with Gasteiger partial charge in [0.1, 0.15) is 0 Å². The smallest absolute Gasteiger partial charge is 0.209 e. The highest BCUT2D eigenvalue weighted by atomic mass is 32.2. The molecule has 0 amide bonds. The van der Waals surface area contributed by atoms with Gasteiger partial charge in [-0.3, -0.25) is 0 Å². The first-order valence-electron chi connectivity index (χ1n) is 3.31. The molecule has 1 aromatic heterocycles. The predicted molar refractivity (Wildman–Crippen MR) is 44.3 cm³/mol. The number of tetrazole rings is 1. The van der Waals surface area contributed by atoms with E-state index in [0.29, 0.717) is 0 Å². The van der Waals surface area contributed by atoms with E-state index in [0.717, 1.165) is 10.9 Å². The van der Waals surface area contributed by atoms with Crippen molar-refractivity contribution in [2.24, 2.45) is 7.05 Å². The summed E-state index contributed by atoms with van der Waals surface area (Å²) in [6, 6.07) is 0. The summed E-state index contributed by atoms with van der Waals surface area (Å²) in [6.45, 7) is 2.00. The summed E-state index contributed by atoms with van der Waals surface area (Å²) in [4.78, 5) is 0. The average molecular weight is 170 g/mol. The first kappa shape index (κ1) is 8.26. The Balaban J connectivity index is 2.44. The van der Waals surface area contributed by atoms with Crippen molar-refractivity contribution in [2.75, 3.05) is 5.75 Å². The van der Waals surface area contributed by atoms with Crippen molar-refractivity contribution in [1.82, 2.24) is 20.2 Å². The zero-order chi connectivity index (χ0) is 8.10. The van der Waals surface area contributed by atoms with E-state index in [-0.39, 0.29) is 0 Å². The fourth-order valence-corrected chi connectivity index (χ4v) is 1.32. The summed E-state index contributed by atoms with van der Waals surface area (Å²) >= 11 is 1.62. The monoisotopic (exact) mass is 170 g/mol. The number of aromatic nitrogens is 4. The minimum Gasteiger partial charge on any atom is -0.224 e. The molecule has 60 valence electrons. The van der Waals surface area contributed by atoms with Gasteiger partial charge >= 0.3 is 0 Å². The van der Waals surface area contributed by atoms with Crippen LogP contribution in [0.3, 0.4) is 0 Å². The molecule has 0 radical (unpaired) electrons. The van der Waals surface area contributed by atoms with Gasteiger partial charge in [-0.1, -0.05) is 23.9 Å². The van der Waals surface area contributed by atoms with Crippen LogP contribution in [0.15, 0.2) is 17.3 Å². The Labute approximate surface area is 69.7 Å². The van der Waals surface area contributed by atoms with Gasteiger partial charge in [0.2, 0.25) is 5.16 Å². The van der Waals surface area contributed by atoms with E-state index in [2.05, 4.69) is 21.6 Å². The van der Waals surface area contributed by atoms with Gasteiger partial charge in [-0.15, -0.1) is 5.10 Å². The van der Waals surface area contributed by atoms with Crippen LogP contribution in [0.1, 0.15) is 6.92 Å². The highest BCUT2D eigenvalue weighted by Gasteiger charge is 1.98. The average Bonchev–Trinajstić information content (AvgIpc) is 2.37. The molecule has 1 heterocycles. The van der Waals surface area contributed by atoms with Crippen LogP contribution in [-0.2, 0) is 7.05 Å². The van der Waals surface area contributed by atoms with E-state index >= 15 is 0 Å². The molecule has 1 aromatic rings. The lowest BCUT2D eigenvalue weighted by molar-refractivity contribution is 0.665. The highest BCUT2D eigenvalue weighted by molar-refractivity contribution is 7.99. The van der Waals surface area contributed by atoms with Crippen molar-refractivity contribution in [2.45, 2.75) is 12.1 Å². The normalized spacial score (nSPS) is 11.1. The van der Waals surface area contributed by atoms with Crippen LogP contribution in [0.2, 0.25) is 0 Å². The Kier molecular flexibility index (Phi) is 3.10. The summed E-state index contributed by atoms with van der Waals surface area (Å²) in [5.41, 5.74) is 0. The van der Waals surface area contributed by atoms with Gasteiger partial charge in [0.15, 0.2) is 0 Å². The molecule has 0 bridgehead atoms. The summed E-state index contributed by atoms with van der Waals surface area (Å²) in [7, 11) is 1.83. The number of nitrogens with zero attached hydrogens (tertiary/aromatic N) is 4. The second kappa shape index (κ2) is 4.12. The first-order valence-corrected chi connectivity index (χ1v) is 4.29. The van der Waals surface area contributed by atoms with Gasteiger partial charge in [0, 0.05) is 12.8 Å². The summed E-state index contributed by atoms with van der Waals surface area (Å²) in [5.74, 6) is 0.921. The third-order valence-electron chi connectivity index (χ3n) is 1.13. The lowest BCUT2D eigenvalue weighted by Crippen LogP contribution is -1.92. The van der Waals surface area contributed by atoms with Crippen molar-refractivity contribution in [3.8, 4) is 0 Å². The fraction of sp³-hybridized carbons (Fsp3) is 0.500. The second-order valence-electron chi connectivity index (χ2n) is 1.97. The SMILES string of the molecule is C/C=C/CSc1nnnn1C. The maximum atomic E-state index is 3.82. The van der Waals surface area contributed by atoms with E-state index in [4.69, 9.17) is 0 Å². The summed E-state index contributed by atoms with van der Waals surface area (Å²) in [6.07, 6.45) is 4.08. The van der Waals surface area contributed by atoms with Gasteiger partial charge in [-0.2, -0.15) is 0 Å². The lowest BCUT2D eigenvalue weighted by Gasteiger charge is -1.92. The summed E-state index contributed by atoms with van der Waals surface area (Å²) in [5, 5.41) is 11.9. The van der Waals surface area contributed by atoms with Crippen LogP contribution in [0.25, 0.3) is 0 Å². The second-order valence-corrected chi connectivity index (χ2v) is 2.95.